The number of hydrogen-bond acceptors (Lipinski definition) is 8. The van der Waals surface area contributed by atoms with E-state index in [1.54, 1.807) is 26.0 Å². The molecule has 206 valence electrons. The molecule has 0 saturated carbocycles. The van der Waals surface area contributed by atoms with Crippen molar-refractivity contribution < 1.29 is 39.3 Å². The first-order valence-electron chi connectivity index (χ1n) is 11.8. The number of carbonyl (C=O) groups excluding carboxylic acids is 3. The summed E-state index contributed by atoms with van der Waals surface area (Å²) in [6.45, 7) is 3.53. The summed E-state index contributed by atoms with van der Waals surface area (Å²) in [4.78, 5) is 61.4. The Hall–Kier alpha value is -3.32. The minimum Gasteiger partial charge on any atom is -0.508 e. The van der Waals surface area contributed by atoms with E-state index in [0.29, 0.717) is 17.7 Å². The average Bonchev–Trinajstić information content (AvgIpc) is 2.84. The third-order valence-electron chi connectivity index (χ3n) is 5.76. The summed E-state index contributed by atoms with van der Waals surface area (Å²) in [7, 11) is 0. The number of carboxylic acid groups (broad SMARTS) is 2. The Balaban J connectivity index is 3.15. The van der Waals surface area contributed by atoms with Crippen LogP contribution in [0.3, 0.4) is 0 Å². The van der Waals surface area contributed by atoms with Crippen LogP contribution in [0.4, 0.5) is 0 Å². The summed E-state index contributed by atoms with van der Waals surface area (Å²) in [6, 6.07) is 1.01. The molecular formula is C24H36N4O8S. The number of hydrogen-bond donors (Lipinski definition) is 7. The van der Waals surface area contributed by atoms with Gasteiger partial charge >= 0.3 is 11.9 Å². The molecule has 0 heterocycles. The highest BCUT2D eigenvalue weighted by Gasteiger charge is 2.33. The molecule has 0 spiro atoms. The van der Waals surface area contributed by atoms with Crippen molar-refractivity contribution in [3.05, 3.63) is 29.8 Å². The summed E-state index contributed by atoms with van der Waals surface area (Å²) in [6.07, 6.45) is 1.81. The summed E-state index contributed by atoms with van der Waals surface area (Å²) >= 11 is 1.43. The summed E-state index contributed by atoms with van der Waals surface area (Å²) in [5, 5.41) is 35.4. The first kappa shape index (κ1) is 31.7. The number of phenolic OH excluding ortho intramolecular Hbond substituents is 1. The van der Waals surface area contributed by atoms with Crippen molar-refractivity contribution >= 4 is 41.4 Å². The Labute approximate surface area is 219 Å². The van der Waals surface area contributed by atoms with Gasteiger partial charge in [-0.2, -0.15) is 11.8 Å². The van der Waals surface area contributed by atoms with Gasteiger partial charge in [0.15, 0.2) is 0 Å². The predicted octanol–water partition coefficient (Wildman–Crippen LogP) is 0.0749. The Kier molecular flexibility index (Phi) is 13.5. The Morgan fingerprint density at radius 3 is 2.05 bits per heavy atom. The molecule has 0 aliphatic heterocycles. The highest BCUT2D eigenvalue weighted by Crippen LogP contribution is 2.14. The lowest BCUT2D eigenvalue weighted by atomic mass is 9.96. The van der Waals surface area contributed by atoms with E-state index >= 15 is 0 Å². The van der Waals surface area contributed by atoms with Gasteiger partial charge in [-0.15, -0.1) is 0 Å². The maximum atomic E-state index is 13.3. The normalized spacial score (nSPS) is 14.9. The van der Waals surface area contributed by atoms with Gasteiger partial charge in [0.05, 0.1) is 12.5 Å². The van der Waals surface area contributed by atoms with Crippen LogP contribution in [-0.4, -0.2) is 81.2 Å². The first-order valence-corrected chi connectivity index (χ1v) is 13.2. The lowest BCUT2D eigenvalue weighted by molar-refractivity contribution is -0.142. The van der Waals surface area contributed by atoms with Crippen LogP contribution in [0.2, 0.25) is 0 Å². The van der Waals surface area contributed by atoms with Gasteiger partial charge in [0.25, 0.3) is 0 Å². The summed E-state index contributed by atoms with van der Waals surface area (Å²) in [5.74, 6) is -4.62. The van der Waals surface area contributed by atoms with Crippen LogP contribution in [-0.2, 0) is 30.4 Å². The minimum absolute atomic E-state index is 0.000214. The molecule has 3 amide bonds. The number of rotatable bonds is 16. The van der Waals surface area contributed by atoms with Gasteiger partial charge in [0, 0.05) is 6.42 Å². The minimum atomic E-state index is -1.41. The van der Waals surface area contributed by atoms with Gasteiger partial charge in [-0.1, -0.05) is 32.4 Å². The van der Waals surface area contributed by atoms with Crippen molar-refractivity contribution in [1.82, 2.24) is 16.0 Å². The quantitative estimate of drug-likeness (QED) is 0.150. The molecule has 12 nitrogen and oxygen atoms in total. The number of nitrogens with one attached hydrogen (secondary N) is 3. The standard InChI is InChI=1S/C24H36N4O8S/c1-4-13(2)20(23(34)26-17(24(35)36)9-10-37-3)28-22(33)18(11-14-5-7-15(29)8-6-14)27-21(32)16(25)12-19(30)31/h5-8,13,16-18,20,29H,4,9-12,25H2,1-3H3,(H,26,34)(H,27,32)(H,28,33)(H,30,31)(H,35,36). The monoisotopic (exact) mass is 540 g/mol. The van der Waals surface area contributed by atoms with Gasteiger partial charge < -0.3 is 37.0 Å². The maximum Gasteiger partial charge on any atom is 0.326 e. The van der Waals surface area contributed by atoms with Crippen LogP contribution in [0, 0.1) is 5.92 Å². The molecule has 0 radical (unpaired) electrons. The van der Waals surface area contributed by atoms with Crippen molar-refractivity contribution in [2.75, 3.05) is 12.0 Å². The smallest absolute Gasteiger partial charge is 0.326 e. The molecule has 0 aromatic heterocycles. The molecule has 0 aliphatic rings. The van der Waals surface area contributed by atoms with E-state index in [-0.39, 0.29) is 24.5 Å². The second-order valence-electron chi connectivity index (χ2n) is 8.69. The number of nitrogens with two attached hydrogens (primary N) is 1. The molecule has 1 aromatic rings. The Morgan fingerprint density at radius 2 is 1.54 bits per heavy atom. The molecular weight excluding hydrogens is 504 g/mol. The van der Waals surface area contributed by atoms with Gasteiger partial charge in [0.2, 0.25) is 17.7 Å². The number of amides is 3. The third-order valence-corrected chi connectivity index (χ3v) is 6.40. The lowest BCUT2D eigenvalue weighted by Crippen LogP contribution is -2.59. The van der Waals surface area contributed by atoms with Crippen LogP contribution >= 0.6 is 11.8 Å². The molecule has 0 saturated heterocycles. The van der Waals surface area contributed by atoms with E-state index in [1.807, 2.05) is 6.26 Å². The predicted molar refractivity (Wildman–Crippen MR) is 138 cm³/mol. The average molecular weight is 541 g/mol. The number of benzene rings is 1. The summed E-state index contributed by atoms with van der Waals surface area (Å²) < 4.78 is 0. The number of carboxylic acids is 2. The van der Waals surface area contributed by atoms with Crippen LogP contribution in [0.5, 0.6) is 5.75 Å². The molecule has 5 atom stereocenters. The largest absolute Gasteiger partial charge is 0.508 e. The fourth-order valence-corrected chi connectivity index (χ4v) is 3.82. The van der Waals surface area contributed by atoms with Gasteiger partial charge in [-0.25, -0.2) is 4.79 Å². The van der Waals surface area contributed by atoms with Gasteiger partial charge in [-0.3, -0.25) is 19.2 Å². The second kappa shape index (κ2) is 15.7. The highest BCUT2D eigenvalue weighted by atomic mass is 32.2. The number of thioether (sulfide) groups is 1. The van der Waals surface area contributed by atoms with Crippen LogP contribution in [0.25, 0.3) is 0 Å². The molecule has 0 aliphatic carbocycles. The van der Waals surface area contributed by atoms with E-state index in [1.165, 1.54) is 23.9 Å². The topological polar surface area (TPSA) is 208 Å². The molecule has 0 bridgehead atoms. The van der Waals surface area contributed by atoms with Crippen molar-refractivity contribution in [3.63, 3.8) is 0 Å². The first-order chi connectivity index (χ1) is 17.4. The zero-order valence-corrected chi connectivity index (χ0v) is 21.9. The van der Waals surface area contributed by atoms with Crippen molar-refractivity contribution in [2.45, 2.75) is 63.7 Å². The van der Waals surface area contributed by atoms with E-state index in [9.17, 15) is 34.2 Å². The number of aromatic hydroxyl groups is 1. The van der Waals surface area contributed by atoms with Crippen LogP contribution < -0.4 is 21.7 Å². The number of aliphatic carboxylic acids is 2. The van der Waals surface area contributed by atoms with E-state index in [2.05, 4.69) is 16.0 Å². The van der Waals surface area contributed by atoms with Crippen LogP contribution in [0.1, 0.15) is 38.7 Å². The Bertz CT molecular complexity index is 943. The SMILES string of the molecule is CCC(C)C(NC(=O)C(Cc1ccc(O)cc1)NC(=O)C(N)CC(=O)O)C(=O)NC(CCSC)C(=O)O. The molecule has 1 aromatic carbocycles. The molecule has 1 rings (SSSR count). The van der Waals surface area contributed by atoms with Crippen LogP contribution in [0.15, 0.2) is 24.3 Å². The molecule has 5 unspecified atom stereocenters. The fourth-order valence-electron chi connectivity index (χ4n) is 3.35. The zero-order valence-electron chi connectivity index (χ0n) is 21.1. The van der Waals surface area contributed by atoms with Crippen molar-refractivity contribution in [3.8, 4) is 5.75 Å². The molecule has 0 fully saturated rings. The summed E-state index contributed by atoms with van der Waals surface area (Å²) in [5.41, 5.74) is 6.21. The second-order valence-corrected chi connectivity index (χ2v) is 9.67. The number of phenols is 1. The van der Waals surface area contributed by atoms with E-state index in [0.717, 1.165) is 0 Å². The van der Waals surface area contributed by atoms with Crippen molar-refractivity contribution in [2.24, 2.45) is 11.7 Å². The lowest BCUT2D eigenvalue weighted by Gasteiger charge is -2.28. The number of carbonyl (C=O) groups is 5. The zero-order chi connectivity index (χ0) is 28.1. The van der Waals surface area contributed by atoms with E-state index in [4.69, 9.17) is 10.8 Å². The Morgan fingerprint density at radius 1 is 0.946 bits per heavy atom. The van der Waals surface area contributed by atoms with Crippen molar-refractivity contribution in [1.29, 1.82) is 0 Å². The molecule has 13 heteroatoms. The van der Waals surface area contributed by atoms with Gasteiger partial charge in [0.1, 0.15) is 23.9 Å². The molecule has 37 heavy (non-hydrogen) atoms. The highest BCUT2D eigenvalue weighted by molar-refractivity contribution is 7.98. The van der Waals surface area contributed by atoms with Gasteiger partial charge in [-0.05, 0) is 42.0 Å². The molecule has 8 N–H and O–H groups in total. The maximum absolute atomic E-state index is 13.3. The van der Waals surface area contributed by atoms with E-state index < -0.39 is 60.2 Å². The fraction of sp³-hybridized carbons (Fsp3) is 0.542. The third kappa shape index (κ3) is 11.1.